The average Bonchev–Trinajstić information content (AvgIpc) is 2.58. The highest BCUT2D eigenvalue weighted by Gasteiger charge is 2.32. The van der Waals surface area contributed by atoms with Gasteiger partial charge in [-0.2, -0.15) is 13.2 Å². The highest BCUT2D eigenvalue weighted by Crippen LogP contribution is 2.23. The number of benzene rings is 1. The third-order valence-electron chi connectivity index (χ3n) is 2.19. The second kappa shape index (κ2) is 3.66. The van der Waals surface area contributed by atoms with Crippen LogP contribution in [0.15, 0.2) is 30.3 Å². The summed E-state index contributed by atoms with van der Waals surface area (Å²) < 4.78 is 36.0. The van der Waals surface area contributed by atoms with E-state index in [1.54, 1.807) is 24.3 Å². The maximum atomic E-state index is 12.0. The van der Waals surface area contributed by atoms with Crippen molar-refractivity contribution in [2.75, 3.05) is 0 Å². The Morgan fingerprint density at radius 3 is 2.56 bits per heavy atom. The van der Waals surface area contributed by atoms with Crippen LogP contribution in [0.2, 0.25) is 0 Å². The molecule has 1 heterocycles. The van der Waals surface area contributed by atoms with E-state index in [1.165, 1.54) is 6.07 Å². The van der Waals surface area contributed by atoms with Crippen molar-refractivity contribution in [2.45, 2.75) is 12.6 Å². The van der Waals surface area contributed by atoms with Gasteiger partial charge in [0.2, 0.25) is 0 Å². The quantitative estimate of drug-likeness (QED) is 0.784. The first-order valence-corrected chi connectivity index (χ1v) is 4.63. The number of ketones is 1. The van der Waals surface area contributed by atoms with Crippen molar-refractivity contribution in [3.8, 4) is 0 Å². The Morgan fingerprint density at radius 2 is 1.94 bits per heavy atom. The number of carbonyl (C=O) groups excluding carboxylic acids is 1. The fourth-order valence-corrected chi connectivity index (χ4v) is 1.50. The fraction of sp³-hybridized carbons (Fsp3) is 0.182. The van der Waals surface area contributed by atoms with Gasteiger partial charge in [-0.05, 0) is 12.1 Å². The van der Waals surface area contributed by atoms with Crippen molar-refractivity contribution in [3.05, 3.63) is 36.0 Å². The third-order valence-corrected chi connectivity index (χ3v) is 2.19. The van der Waals surface area contributed by atoms with Crippen LogP contribution in [0, 0.1) is 0 Å². The number of H-pyrrole nitrogens is 1. The van der Waals surface area contributed by atoms with E-state index in [4.69, 9.17) is 0 Å². The van der Waals surface area contributed by atoms with Crippen LogP contribution >= 0.6 is 0 Å². The zero-order chi connectivity index (χ0) is 11.8. The molecule has 0 saturated carbocycles. The van der Waals surface area contributed by atoms with Gasteiger partial charge in [0.05, 0.1) is 5.69 Å². The van der Waals surface area contributed by atoms with Crippen LogP contribution in [-0.2, 0) is 0 Å². The number of halogens is 3. The molecule has 0 aliphatic rings. The molecule has 2 aromatic rings. The molecular formula is C11H8F3NO. The number of Topliss-reactive ketones (excluding diaryl/α,β-unsaturated/α-hetero) is 1. The van der Waals surface area contributed by atoms with Crippen molar-refractivity contribution in [1.29, 1.82) is 0 Å². The molecule has 0 amide bonds. The predicted octanol–water partition coefficient (Wildman–Crippen LogP) is 3.30. The molecule has 5 heteroatoms. The van der Waals surface area contributed by atoms with Gasteiger partial charge in [0.25, 0.3) is 0 Å². The van der Waals surface area contributed by atoms with E-state index in [0.717, 1.165) is 5.39 Å². The van der Waals surface area contributed by atoms with Crippen molar-refractivity contribution in [1.82, 2.24) is 4.98 Å². The molecule has 0 atom stereocenters. The summed E-state index contributed by atoms with van der Waals surface area (Å²) in [4.78, 5) is 13.9. The summed E-state index contributed by atoms with van der Waals surface area (Å²) in [6.07, 6.45) is -5.89. The maximum absolute atomic E-state index is 12.0. The smallest absolute Gasteiger partial charge is 0.352 e. The molecule has 0 radical (unpaired) electrons. The summed E-state index contributed by atoms with van der Waals surface area (Å²) in [5.74, 6) is -0.941. The minimum atomic E-state index is -4.46. The van der Waals surface area contributed by atoms with Gasteiger partial charge in [-0.15, -0.1) is 0 Å². The number of fused-ring (bicyclic) bond motifs is 1. The number of aromatic amines is 1. The van der Waals surface area contributed by atoms with Crippen LogP contribution in [0.1, 0.15) is 16.9 Å². The molecule has 2 rings (SSSR count). The largest absolute Gasteiger partial charge is 0.396 e. The van der Waals surface area contributed by atoms with Crippen LogP contribution in [0.3, 0.4) is 0 Å². The normalized spacial score (nSPS) is 11.9. The fourth-order valence-electron chi connectivity index (χ4n) is 1.50. The Kier molecular flexibility index (Phi) is 2.46. The van der Waals surface area contributed by atoms with E-state index < -0.39 is 18.4 Å². The van der Waals surface area contributed by atoms with Crippen molar-refractivity contribution < 1.29 is 18.0 Å². The topological polar surface area (TPSA) is 32.9 Å². The third kappa shape index (κ3) is 2.24. The first-order chi connectivity index (χ1) is 7.46. The lowest BCUT2D eigenvalue weighted by atomic mass is 10.2. The number of nitrogens with one attached hydrogen (secondary N) is 1. The Hall–Kier alpha value is -1.78. The molecular weight excluding hydrogens is 219 g/mol. The summed E-state index contributed by atoms with van der Waals surface area (Å²) in [7, 11) is 0. The highest BCUT2D eigenvalue weighted by molar-refractivity contribution is 5.99. The molecule has 0 aliphatic carbocycles. The Labute approximate surface area is 89.1 Å². The lowest BCUT2D eigenvalue weighted by Gasteiger charge is -2.02. The molecule has 0 fully saturated rings. The summed E-state index contributed by atoms with van der Waals surface area (Å²) in [6, 6.07) is 8.38. The van der Waals surface area contributed by atoms with Crippen LogP contribution in [-0.4, -0.2) is 16.9 Å². The zero-order valence-electron chi connectivity index (χ0n) is 8.14. The maximum Gasteiger partial charge on any atom is 0.396 e. The van der Waals surface area contributed by atoms with Gasteiger partial charge in [0, 0.05) is 10.9 Å². The lowest BCUT2D eigenvalue weighted by Crippen LogP contribution is -2.15. The highest BCUT2D eigenvalue weighted by atomic mass is 19.4. The minimum absolute atomic E-state index is 0.00137. The number of carbonyl (C=O) groups is 1. The minimum Gasteiger partial charge on any atom is -0.352 e. The van der Waals surface area contributed by atoms with Crippen LogP contribution < -0.4 is 0 Å². The average molecular weight is 227 g/mol. The lowest BCUT2D eigenvalue weighted by molar-refractivity contribution is -0.125. The van der Waals surface area contributed by atoms with Crippen LogP contribution in [0.4, 0.5) is 13.2 Å². The molecule has 84 valence electrons. The van der Waals surface area contributed by atoms with E-state index in [9.17, 15) is 18.0 Å². The monoisotopic (exact) mass is 227 g/mol. The number of rotatable bonds is 2. The van der Waals surface area contributed by atoms with Crippen molar-refractivity contribution >= 4 is 16.7 Å². The number of alkyl halides is 3. The zero-order valence-corrected chi connectivity index (χ0v) is 8.14. The van der Waals surface area contributed by atoms with Crippen LogP contribution in [0.25, 0.3) is 10.9 Å². The first kappa shape index (κ1) is 10.7. The van der Waals surface area contributed by atoms with Crippen LogP contribution in [0.5, 0.6) is 0 Å². The van der Waals surface area contributed by atoms with Crippen molar-refractivity contribution in [3.63, 3.8) is 0 Å². The Bertz CT molecular complexity index is 494. The Balaban J connectivity index is 2.30. The van der Waals surface area contributed by atoms with E-state index in [1.807, 2.05) is 0 Å². The second-order valence-electron chi connectivity index (χ2n) is 3.49. The standard InChI is InChI=1S/C11H8F3NO/c12-11(13,14)6-10(16)9-5-7-3-1-2-4-8(7)15-9/h1-5,15H,6H2. The molecule has 1 N–H and O–H groups in total. The molecule has 0 spiro atoms. The van der Waals surface area contributed by atoms with E-state index >= 15 is 0 Å². The molecule has 0 bridgehead atoms. The van der Waals surface area contributed by atoms with Gasteiger partial charge in [0.1, 0.15) is 6.42 Å². The summed E-state index contributed by atoms with van der Waals surface area (Å²) in [5.41, 5.74) is 0.659. The van der Waals surface area contributed by atoms with Crippen molar-refractivity contribution in [2.24, 2.45) is 0 Å². The molecule has 2 nitrogen and oxygen atoms in total. The van der Waals surface area contributed by atoms with Gasteiger partial charge in [-0.1, -0.05) is 18.2 Å². The molecule has 0 saturated heterocycles. The molecule has 1 aromatic heterocycles. The van der Waals surface area contributed by atoms with E-state index in [-0.39, 0.29) is 5.69 Å². The molecule has 16 heavy (non-hydrogen) atoms. The van der Waals surface area contributed by atoms with Gasteiger partial charge in [-0.3, -0.25) is 4.79 Å². The van der Waals surface area contributed by atoms with E-state index in [0.29, 0.717) is 5.52 Å². The Morgan fingerprint density at radius 1 is 1.25 bits per heavy atom. The molecule has 1 aromatic carbocycles. The van der Waals surface area contributed by atoms with Gasteiger partial charge < -0.3 is 4.98 Å². The predicted molar refractivity (Wildman–Crippen MR) is 53.3 cm³/mol. The molecule has 0 aliphatic heterocycles. The summed E-state index contributed by atoms with van der Waals surface area (Å²) in [6.45, 7) is 0. The van der Waals surface area contributed by atoms with Gasteiger partial charge in [0.15, 0.2) is 5.78 Å². The molecule has 0 unspecified atom stereocenters. The number of aromatic nitrogens is 1. The van der Waals surface area contributed by atoms with Gasteiger partial charge >= 0.3 is 6.18 Å². The number of para-hydroxylation sites is 1. The summed E-state index contributed by atoms with van der Waals surface area (Å²) >= 11 is 0. The van der Waals surface area contributed by atoms with E-state index in [2.05, 4.69) is 4.98 Å². The number of hydrogen-bond donors (Lipinski definition) is 1. The summed E-state index contributed by atoms with van der Waals surface area (Å²) in [5, 5.41) is 0.730. The SMILES string of the molecule is O=C(CC(F)(F)F)c1cc2ccccc2[nH]1. The second-order valence-corrected chi connectivity index (χ2v) is 3.49. The van der Waals surface area contributed by atoms with Gasteiger partial charge in [-0.25, -0.2) is 0 Å². The number of hydrogen-bond acceptors (Lipinski definition) is 1. The first-order valence-electron chi connectivity index (χ1n) is 4.63.